The molecule has 3 rings (SSSR count). The van der Waals surface area contributed by atoms with E-state index in [2.05, 4.69) is 20.3 Å². The average Bonchev–Trinajstić information content (AvgIpc) is 3.14. The van der Waals surface area contributed by atoms with Crippen LogP contribution in [-0.4, -0.2) is 40.2 Å². The van der Waals surface area contributed by atoms with Gasteiger partial charge in [0.1, 0.15) is 5.69 Å². The van der Waals surface area contributed by atoms with Crippen molar-refractivity contribution in [2.45, 2.75) is 18.9 Å². The number of carbonyl (C=O) groups is 2. The maximum absolute atomic E-state index is 13.0. The van der Waals surface area contributed by atoms with Crippen LogP contribution in [0, 0.1) is 0 Å². The lowest BCUT2D eigenvalue weighted by Gasteiger charge is -2.16. The summed E-state index contributed by atoms with van der Waals surface area (Å²) in [6.07, 6.45) is 2.43. The molecule has 0 saturated carbocycles. The molecule has 0 aliphatic heterocycles. The molecular weight excluding hydrogens is 376 g/mol. The molecule has 0 saturated heterocycles. The molecule has 0 fully saturated rings. The van der Waals surface area contributed by atoms with Gasteiger partial charge in [0.15, 0.2) is 11.0 Å². The van der Waals surface area contributed by atoms with Gasteiger partial charge in [-0.3, -0.25) is 19.6 Å². The Balaban J connectivity index is 1.78. The van der Waals surface area contributed by atoms with Crippen LogP contribution in [0.2, 0.25) is 0 Å². The zero-order chi connectivity index (χ0) is 19.9. The molecule has 0 radical (unpaired) electrons. The molecule has 0 spiro atoms. The van der Waals surface area contributed by atoms with E-state index in [1.165, 1.54) is 17.5 Å². The maximum Gasteiger partial charge on any atom is 0.270 e. The number of fused-ring (bicyclic) bond motifs is 1. The molecule has 144 valence electrons. The van der Waals surface area contributed by atoms with Crippen LogP contribution < -0.4 is 16.8 Å². The summed E-state index contributed by atoms with van der Waals surface area (Å²) in [6, 6.07) is 11.8. The highest BCUT2D eigenvalue weighted by atomic mass is 32.1. The first-order valence-corrected chi connectivity index (χ1v) is 9.53. The van der Waals surface area contributed by atoms with Gasteiger partial charge in [-0.1, -0.05) is 18.2 Å². The highest BCUT2D eigenvalue weighted by molar-refractivity contribution is 7.20. The van der Waals surface area contributed by atoms with E-state index in [1.54, 1.807) is 18.2 Å². The lowest BCUT2D eigenvalue weighted by Crippen LogP contribution is -2.41. The number of nitrogens with zero attached hydrogens (tertiary/aromatic N) is 3. The molecule has 5 N–H and O–H groups in total. The van der Waals surface area contributed by atoms with Gasteiger partial charge in [-0.05, 0) is 37.1 Å². The molecule has 0 aliphatic carbocycles. The Kier molecular flexibility index (Phi) is 6.28. The average molecular weight is 396 g/mol. The molecule has 9 heteroatoms. The van der Waals surface area contributed by atoms with Gasteiger partial charge in [0.2, 0.25) is 5.78 Å². The van der Waals surface area contributed by atoms with Crippen molar-refractivity contribution in [2.75, 3.05) is 6.54 Å². The monoisotopic (exact) mass is 396 g/mol. The Bertz CT molecular complexity index is 965. The third-order valence-corrected chi connectivity index (χ3v) is 5.02. The van der Waals surface area contributed by atoms with Gasteiger partial charge in [0.05, 0.1) is 16.3 Å². The Hall–Kier alpha value is -3.33. The molecule has 8 nitrogen and oxygen atoms in total. The van der Waals surface area contributed by atoms with Crippen LogP contribution in [0.5, 0.6) is 0 Å². The summed E-state index contributed by atoms with van der Waals surface area (Å²) in [6.45, 7) is 0.366. The van der Waals surface area contributed by atoms with Crippen molar-refractivity contribution in [3.63, 3.8) is 0 Å². The second kappa shape index (κ2) is 9.05. The molecule has 1 amide bonds. The second-order valence-corrected chi connectivity index (χ2v) is 7.07. The zero-order valence-electron chi connectivity index (χ0n) is 15.0. The standard InChI is InChI=1S/C19H20N6O2S/c20-19(21)23-11-5-8-13(24-17(27)14-7-3-4-10-22-14)16(26)18-25-12-6-1-2-9-15(12)28-18/h1-4,6-7,9-10,13H,5,8,11H2,(H,24,27)(H4,20,21,23). The van der Waals surface area contributed by atoms with Crippen molar-refractivity contribution in [3.8, 4) is 0 Å². The van der Waals surface area contributed by atoms with Gasteiger partial charge in [0.25, 0.3) is 5.91 Å². The maximum atomic E-state index is 13.0. The highest BCUT2D eigenvalue weighted by Crippen LogP contribution is 2.23. The van der Waals surface area contributed by atoms with Crippen LogP contribution in [0.3, 0.4) is 0 Å². The third kappa shape index (κ3) is 4.89. The number of carbonyl (C=O) groups excluding carboxylic acids is 2. The minimum atomic E-state index is -0.746. The summed E-state index contributed by atoms with van der Waals surface area (Å²) >= 11 is 1.31. The van der Waals surface area contributed by atoms with Crippen molar-refractivity contribution >= 4 is 39.2 Å². The van der Waals surface area contributed by atoms with Crippen LogP contribution in [0.15, 0.2) is 53.7 Å². The number of Topliss-reactive ketones (excluding diaryl/α,β-unsaturated/α-hetero) is 1. The summed E-state index contributed by atoms with van der Waals surface area (Å²) in [4.78, 5) is 37.9. The smallest absolute Gasteiger partial charge is 0.270 e. The molecule has 1 aromatic carbocycles. The number of guanidine groups is 1. The Labute approximate surface area is 165 Å². The molecule has 2 heterocycles. The van der Waals surface area contributed by atoms with Gasteiger partial charge in [-0.2, -0.15) is 0 Å². The number of hydrogen-bond donors (Lipinski definition) is 3. The number of pyridine rings is 1. The van der Waals surface area contributed by atoms with E-state index in [0.717, 1.165) is 10.2 Å². The largest absolute Gasteiger partial charge is 0.370 e. The third-order valence-electron chi connectivity index (χ3n) is 3.97. The van der Waals surface area contributed by atoms with E-state index in [4.69, 9.17) is 11.5 Å². The van der Waals surface area contributed by atoms with Gasteiger partial charge in [-0.25, -0.2) is 4.98 Å². The number of nitrogens with one attached hydrogen (secondary N) is 1. The first-order valence-electron chi connectivity index (χ1n) is 8.71. The van der Waals surface area contributed by atoms with Crippen molar-refractivity contribution in [2.24, 2.45) is 16.5 Å². The summed E-state index contributed by atoms with van der Waals surface area (Å²) in [5.41, 5.74) is 11.7. The van der Waals surface area contributed by atoms with Gasteiger partial charge in [0, 0.05) is 12.7 Å². The molecule has 1 unspecified atom stereocenters. The van der Waals surface area contributed by atoms with E-state index in [1.807, 2.05) is 24.3 Å². The molecule has 28 heavy (non-hydrogen) atoms. The number of amides is 1. The number of aliphatic imine (C=N–C) groups is 1. The number of rotatable bonds is 8. The fourth-order valence-corrected chi connectivity index (χ4v) is 3.59. The van der Waals surface area contributed by atoms with Crippen molar-refractivity contribution < 1.29 is 9.59 Å². The first-order chi connectivity index (χ1) is 13.5. The number of hydrogen-bond acceptors (Lipinski definition) is 6. The van der Waals surface area contributed by atoms with E-state index in [9.17, 15) is 9.59 Å². The molecule has 2 aromatic heterocycles. The van der Waals surface area contributed by atoms with Crippen molar-refractivity contribution in [3.05, 3.63) is 59.4 Å². The quantitative estimate of drug-likeness (QED) is 0.229. The molecule has 0 aliphatic rings. The number of nitrogens with two attached hydrogens (primary N) is 2. The minimum absolute atomic E-state index is 0.00780. The summed E-state index contributed by atoms with van der Waals surface area (Å²) in [5, 5.41) is 3.12. The summed E-state index contributed by atoms with van der Waals surface area (Å²) in [7, 11) is 0. The predicted octanol–water partition coefficient (Wildman–Crippen LogP) is 1.73. The SMILES string of the molecule is NC(N)=NCCCC(NC(=O)c1ccccn1)C(=O)c1nc2ccccc2s1. The Morgan fingerprint density at radius 2 is 1.93 bits per heavy atom. The van der Waals surface area contributed by atoms with Crippen LogP contribution in [0.1, 0.15) is 33.1 Å². The summed E-state index contributed by atoms with van der Waals surface area (Å²) < 4.78 is 0.918. The Morgan fingerprint density at radius 3 is 2.64 bits per heavy atom. The number of aromatic nitrogens is 2. The topological polar surface area (TPSA) is 136 Å². The van der Waals surface area contributed by atoms with Crippen molar-refractivity contribution in [1.82, 2.24) is 15.3 Å². The highest BCUT2D eigenvalue weighted by Gasteiger charge is 2.25. The first kappa shape index (κ1) is 19.4. The van der Waals surface area contributed by atoms with Crippen molar-refractivity contribution in [1.29, 1.82) is 0 Å². The fourth-order valence-electron chi connectivity index (χ4n) is 2.63. The van der Waals surface area contributed by atoms with Gasteiger partial charge >= 0.3 is 0 Å². The van der Waals surface area contributed by atoms with Crippen LogP contribution in [0.4, 0.5) is 0 Å². The normalized spacial score (nSPS) is 11.7. The minimum Gasteiger partial charge on any atom is -0.370 e. The van der Waals surface area contributed by atoms with Crippen LogP contribution >= 0.6 is 11.3 Å². The molecular formula is C19H20N6O2S. The predicted molar refractivity (Wildman–Crippen MR) is 109 cm³/mol. The molecule has 3 aromatic rings. The van der Waals surface area contributed by atoms with E-state index >= 15 is 0 Å². The van der Waals surface area contributed by atoms with E-state index < -0.39 is 11.9 Å². The number of ketones is 1. The number of thiazole rings is 1. The molecule has 1 atom stereocenters. The van der Waals surface area contributed by atoms with E-state index in [0.29, 0.717) is 24.4 Å². The summed E-state index contributed by atoms with van der Waals surface area (Å²) in [5.74, 6) is -0.663. The lowest BCUT2D eigenvalue weighted by atomic mass is 10.1. The van der Waals surface area contributed by atoms with Crippen LogP contribution in [0.25, 0.3) is 10.2 Å². The van der Waals surface area contributed by atoms with Gasteiger partial charge in [-0.15, -0.1) is 11.3 Å². The number of para-hydroxylation sites is 1. The Morgan fingerprint density at radius 1 is 1.14 bits per heavy atom. The zero-order valence-corrected chi connectivity index (χ0v) is 15.9. The van der Waals surface area contributed by atoms with Crippen LogP contribution in [-0.2, 0) is 0 Å². The fraction of sp³-hybridized carbons (Fsp3) is 0.211. The van der Waals surface area contributed by atoms with E-state index in [-0.39, 0.29) is 17.4 Å². The second-order valence-electron chi connectivity index (χ2n) is 6.04. The molecule has 0 bridgehead atoms. The van der Waals surface area contributed by atoms with Gasteiger partial charge < -0.3 is 16.8 Å². The number of benzene rings is 1. The lowest BCUT2D eigenvalue weighted by molar-refractivity contribution is 0.0849.